The smallest absolute Gasteiger partial charge is 0.298 e. The SMILES string of the molecule is CCOc1nc2c(C)cc(C)nc2n1Cc1ccc2c(c1)CCc1ccccc1/C2=C(/C)C#N. The average Bonchev–Trinajstić information content (AvgIpc) is 3.07. The van der Waals surface area contributed by atoms with Gasteiger partial charge in [-0.25, -0.2) is 4.98 Å². The largest absolute Gasteiger partial charge is 0.465 e. The highest BCUT2D eigenvalue weighted by atomic mass is 16.5. The van der Waals surface area contributed by atoms with Gasteiger partial charge in [0.05, 0.1) is 19.2 Å². The van der Waals surface area contributed by atoms with E-state index in [0.717, 1.165) is 52.0 Å². The lowest BCUT2D eigenvalue weighted by Gasteiger charge is -2.15. The Bertz CT molecular complexity index is 1490. The Hall–Kier alpha value is -3.91. The summed E-state index contributed by atoms with van der Waals surface area (Å²) in [4.78, 5) is 9.54. The first-order valence-corrected chi connectivity index (χ1v) is 11.8. The third kappa shape index (κ3) is 3.76. The van der Waals surface area contributed by atoms with Crippen LogP contribution in [0.5, 0.6) is 6.01 Å². The third-order valence-electron chi connectivity index (χ3n) is 6.53. The number of nitrogens with zero attached hydrogens (tertiary/aromatic N) is 4. The lowest BCUT2D eigenvalue weighted by Crippen LogP contribution is -2.07. The maximum absolute atomic E-state index is 9.74. The van der Waals surface area contributed by atoms with Gasteiger partial charge in [0.1, 0.15) is 5.52 Å². The first kappa shape index (κ1) is 21.9. The van der Waals surface area contributed by atoms with Crippen molar-refractivity contribution in [3.8, 4) is 12.1 Å². The van der Waals surface area contributed by atoms with Crippen molar-refractivity contribution in [3.05, 3.63) is 93.2 Å². The van der Waals surface area contributed by atoms with Crippen molar-refractivity contribution >= 4 is 16.7 Å². The minimum Gasteiger partial charge on any atom is -0.465 e. The van der Waals surface area contributed by atoms with E-state index < -0.39 is 0 Å². The van der Waals surface area contributed by atoms with E-state index in [4.69, 9.17) is 14.7 Å². The maximum Gasteiger partial charge on any atom is 0.298 e. The molecule has 5 rings (SSSR count). The minimum absolute atomic E-state index is 0.547. The Balaban J connectivity index is 1.62. The zero-order chi connectivity index (χ0) is 23.8. The van der Waals surface area contributed by atoms with Crippen molar-refractivity contribution in [2.75, 3.05) is 6.61 Å². The van der Waals surface area contributed by atoms with Crippen LogP contribution in [0.1, 0.15) is 52.9 Å². The fourth-order valence-corrected chi connectivity index (χ4v) is 5.00. The number of fused-ring (bicyclic) bond motifs is 3. The van der Waals surface area contributed by atoms with E-state index in [1.165, 1.54) is 22.3 Å². The van der Waals surface area contributed by atoms with Crippen LogP contribution in [0.4, 0.5) is 0 Å². The Morgan fingerprint density at radius 2 is 1.79 bits per heavy atom. The first-order valence-electron chi connectivity index (χ1n) is 11.8. The summed E-state index contributed by atoms with van der Waals surface area (Å²) >= 11 is 0. The van der Waals surface area contributed by atoms with Crippen LogP contribution in [-0.4, -0.2) is 21.1 Å². The molecule has 0 spiro atoms. The number of hydrogen-bond donors (Lipinski definition) is 0. The van der Waals surface area contributed by atoms with Crippen molar-refractivity contribution in [2.24, 2.45) is 0 Å². The molecule has 5 nitrogen and oxygen atoms in total. The zero-order valence-corrected chi connectivity index (χ0v) is 20.1. The molecule has 4 aromatic rings. The Morgan fingerprint density at radius 3 is 2.59 bits per heavy atom. The number of hydrogen-bond acceptors (Lipinski definition) is 4. The van der Waals surface area contributed by atoms with Crippen molar-refractivity contribution in [3.63, 3.8) is 0 Å². The van der Waals surface area contributed by atoms with Crippen molar-refractivity contribution in [1.29, 1.82) is 5.26 Å². The van der Waals surface area contributed by atoms with Gasteiger partial charge in [0.25, 0.3) is 6.01 Å². The van der Waals surface area contributed by atoms with E-state index in [1.54, 1.807) is 0 Å². The average molecular weight is 449 g/mol. The predicted octanol–water partition coefficient (Wildman–Crippen LogP) is 5.94. The zero-order valence-electron chi connectivity index (χ0n) is 20.1. The van der Waals surface area contributed by atoms with Gasteiger partial charge in [-0.3, -0.25) is 4.57 Å². The molecule has 2 aromatic heterocycles. The summed E-state index contributed by atoms with van der Waals surface area (Å²) in [6.07, 6.45) is 1.88. The van der Waals surface area contributed by atoms with Crippen molar-refractivity contribution in [1.82, 2.24) is 14.5 Å². The van der Waals surface area contributed by atoms with Crippen LogP contribution in [0, 0.1) is 25.2 Å². The molecule has 1 aliphatic carbocycles. The van der Waals surface area contributed by atoms with Gasteiger partial charge in [-0.15, -0.1) is 0 Å². The van der Waals surface area contributed by atoms with Crippen LogP contribution in [0.25, 0.3) is 16.7 Å². The van der Waals surface area contributed by atoms with Gasteiger partial charge in [0.15, 0.2) is 5.65 Å². The summed E-state index contributed by atoms with van der Waals surface area (Å²) in [6.45, 7) is 9.13. The highest BCUT2D eigenvalue weighted by Crippen LogP contribution is 2.36. The number of nitriles is 1. The predicted molar refractivity (Wildman–Crippen MR) is 135 cm³/mol. The summed E-state index contributed by atoms with van der Waals surface area (Å²) in [6, 6.07) is 20.1. The number of imidazole rings is 1. The summed E-state index contributed by atoms with van der Waals surface area (Å²) in [7, 11) is 0. The molecule has 34 heavy (non-hydrogen) atoms. The van der Waals surface area contributed by atoms with Crippen LogP contribution in [-0.2, 0) is 19.4 Å². The molecule has 0 amide bonds. The molecule has 2 heterocycles. The summed E-state index contributed by atoms with van der Waals surface area (Å²) in [5.74, 6) is 0. The van der Waals surface area contributed by atoms with Gasteiger partial charge in [-0.1, -0.05) is 42.5 Å². The van der Waals surface area contributed by atoms with E-state index in [9.17, 15) is 5.26 Å². The van der Waals surface area contributed by atoms with Gasteiger partial charge in [-0.05, 0) is 80.0 Å². The second kappa shape index (κ2) is 8.79. The van der Waals surface area contributed by atoms with Crippen LogP contribution < -0.4 is 4.74 Å². The quantitative estimate of drug-likeness (QED) is 0.363. The van der Waals surface area contributed by atoms with Gasteiger partial charge in [0.2, 0.25) is 0 Å². The lowest BCUT2D eigenvalue weighted by molar-refractivity contribution is 0.301. The normalized spacial score (nSPS) is 14.2. The minimum atomic E-state index is 0.547. The van der Waals surface area contributed by atoms with E-state index in [0.29, 0.717) is 19.2 Å². The second-order valence-corrected chi connectivity index (χ2v) is 8.93. The topological polar surface area (TPSA) is 63.7 Å². The molecule has 0 saturated carbocycles. The molecule has 0 radical (unpaired) electrons. The monoisotopic (exact) mass is 448 g/mol. The molecule has 0 aliphatic heterocycles. The molecule has 0 saturated heterocycles. The molecule has 170 valence electrons. The Morgan fingerprint density at radius 1 is 1.03 bits per heavy atom. The van der Waals surface area contributed by atoms with E-state index in [2.05, 4.69) is 66.1 Å². The summed E-state index contributed by atoms with van der Waals surface area (Å²) < 4.78 is 7.97. The molecule has 0 unspecified atom stereocenters. The molecule has 0 bridgehead atoms. The van der Waals surface area contributed by atoms with E-state index >= 15 is 0 Å². The Kier molecular flexibility index (Phi) is 5.67. The third-order valence-corrected chi connectivity index (χ3v) is 6.53. The highest BCUT2D eigenvalue weighted by molar-refractivity contribution is 5.87. The first-order chi connectivity index (χ1) is 16.5. The molecular formula is C29H28N4O. The summed E-state index contributed by atoms with van der Waals surface area (Å²) in [5.41, 5.74) is 11.6. The highest BCUT2D eigenvalue weighted by Gasteiger charge is 2.21. The molecule has 0 N–H and O–H groups in total. The van der Waals surface area contributed by atoms with Crippen LogP contribution in [0.15, 0.2) is 54.1 Å². The fraction of sp³-hybridized carbons (Fsp3) is 0.276. The van der Waals surface area contributed by atoms with Gasteiger partial charge < -0.3 is 4.74 Å². The standard InChI is InChI=1S/C29H28N4O/c1-5-34-29-32-27-18(2)14-20(4)31-28(27)33(29)17-21-10-13-25-23(15-21)12-11-22-8-6-7-9-24(22)26(25)19(3)16-30/h6-10,13-15H,5,11-12,17H2,1-4H3/b26-19+. The van der Waals surface area contributed by atoms with Crippen LogP contribution in [0.3, 0.4) is 0 Å². The van der Waals surface area contributed by atoms with Crippen molar-refractivity contribution in [2.45, 2.75) is 47.1 Å². The second-order valence-electron chi connectivity index (χ2n) is 8.93. The summed E-state index contributed by atoms with van der Waals surface area (Å²) in [5, 5.41) is 9.74. The number of allylic oxidation sites excluding steroid dienone is 1. The molecule has 2 aromatic carbocycles. The number of rotatable bonds is 4. The van der Waals surface area contributed by atoms with Crippen LogP contribution >= 0.6 is 0 Å². The molecule has 1 aliphatic rings. The fourth-order valence-electron chi connectivity index (χ4n) is 5.00. The number of aryl methyl sites for hydroxylation is 4. The number of ether oxygens (including phenoxy) is 1. The number of pyridine rings is 1. The molecule has 0 fully saturated rings. The van der Waals surface area contributed by atoms with Gasteiger partial charge in [0, 0.05) is 16.8 Å². The van der Waals surface area contributed by atoms with Gasteiger partial charge in [-0.2, -0.15) is 10.2 Å². The van der Waals surface area contributed by atoms with Crippen LogP contribution in [0.2, 0.25) is 0 Å². The lowest BCUT2D eigenvalue weighted by atomic mass is 9.90. The molecule has 0 atom stereocenters. The molecule has 5 heteroatoms. The van der Waals surface area contributed by atoms with Gasteiger partial charge >= 0.3 is 0 Å². The Labute approximate surface area is 200 Å². The van der Waals surface area contributed by atoms with E-state index in [-0.39, 0.29) is 0 Å². The van der Waals surface area contributed by atoms with Crippen molar-refractivity contribution < 1.29 is 4.74 Å². The number of benzene rings is 2. The molecular weight excluding hydrogens is 420 g/mol. The number of aromatic nitrogens is 3. The maximum atomic E-state index is 9.74. The van der Waals surface area contributed by atoms with E-state index in [1.807, 2.05) is 20.8 Å².